The molecule has 4 rings (SSSR count). The lowest BCUT2D eigenvalue weighted by Gasteiger charge is -2.35. The molecule has 3 aliphatic rings. The van der Waals surface area contributed by atoms with Crippen molar-refractivity contribution >= 4 is 11.9 Å². The Labute approximate surface area is 166 Å². The third-order valence-corrected chi connectivity index (χ3v) is 6.43. The average molecular weight is 380 g/mol. The number of amides is 1. The van der Waals surface area contributed by atoms with E-state index in [-0.39, 0.29) is 18.3 Å². The van der Waals surface area contributed by atoms with E-state index in [0.717, 1.165) is 67.2 Å². The Morgan fingerprint density at radius 1 is 1.11 bits per heavy atom. The molecule has 0 saturated heterocycles. The monoisotopic (exact) mass is 380 g/mol. The zero-order valence-corrected chi connectivity index (χ0v) is 16.6. The fourth-order valence-corrected chi connectivity index (χ4v) is 4.64. The summed E-state index contributed by atoms with van der Waals surface area (Å²) in [5.41, 5.74) is 3.16. The van der Waals surface area contributed by atoms with Gasteiger partial charge < -0.3 is 10.1 Å². The Morgan fingerprint density at radius 2 is 1.68 bits per heavy atom. The molecule has 1 N–H and O–H groups in total. The highest BCUT2D eigenvalue weighted by Gasteiger charge is 2.42. The topological polar surface area (TPSA) is 79.2 Å². The van der Waals surface area contributed by atoms with Crippen LogP contribution in [0.3, 0.4) is 0 Å². The van der Waals surface area contributed by atoms with Crippen molar-refractivity contribution in [2.45, 2.75) is 81.6 Å². The molecule has 148 valence electrons. The number of nitriles is 1. The number of benzene rings is 1. The summed E-state index contributed by atoms with van der Waals surface area (Å²) < 4.78 is 5.00. The van der Waals surface area contributed by atoms with E-state index in [1.54, 1.807) is 0 Å². The summed E-state index contributed by atoms with van der Waals surface area (Å²) in [6.07, 6.45) is 8.94. The first-order valence-electron chi connectivity index (χ1n) is 10.5. The van der Waals surface area contributed by atoms with Gasteiger partial charge in [0.25, 0.3) is 0 Å². The summed E-state index contributed by atoms with van der Waals surface area (Å²) in [6.45, 7) is 0. The maximum atomic E-state index is 12.9. The van der Waals surface area contributed by atoms with Crippen molar-refractivity contribution in [3.8, 4) is 6.07 Å². The molecule has 3 aliphatic carbocycles. The fourth-order valence-electron chi connectivity index (χ4n) is 4.64. The first-order valence-corrected chi connectivity index (χ1v) is 10.5. The van der Waals surface area contributed by atoms with E-state index in [1.165, 1.54) is 7.11 Å². The fraction of sp³-hybridized carbons (Fsp3) is 0.609. The molecule has 0 heterocycles. The Morgan fingerprint density at radius 3 is 2.14 bits per heavy atom. The quantitative estimate of drug-likeness (QED) is 0.760. The number of rotatable bonds is 6. The normalized spacial score (nSPS) is 20.9. The SMILES string of the molecule is COC(=O)C1(NC(=O)Cc2cc(C3CC3)c(C#N)c(C3CC3)c2)CCCCC1. The Bertz CT molecular complexity index is 792. The van der Waals surface area contributed by atoms with Gasteiger partial charge in [0, 0.05) is 0 Å². The molecule has 0 aromatic heterocycles. The van der Waals surface area contributed by atoms with E-state index in [2.05, 4.69) is 11.4 Å². The minimum absolute atomic E-state index is 0.138. The molecule has 0 atom stereocenters. The average Bonchev–Trinajstić information content (AvgIpc) is 3.59. The first-order chi connectivity index (χ1) is 13.6. The van der Waals surface area contributed by atoms with Crippen LogP contribution < -0.4 is 5.32 Å². The van der Waals surface area contributed by atoms with Gasteiger partial charge in [-0.05, 0) is 67.1 Å². The van der Waals surface area contributed by atoms with Crippen LogP contribution in [0.5, 0.6) is 0 Å². The molecule has 1 aromatic carbocycles. The van der Waals surface area contributed by atoms with Crippen LogP contribution in [0.4, 0.5) is 0 Å². The maximum absolute atomic E-state index is 12.9. The van der Waals surface area contributed by atoms with E-state index in [1.807, 2.05) is 12.1 Å². The van der Waals surface area contributed by atoms with Crippen LogP contribution in [0, 0.1) is 11.3 Å². The molecule has 0 bridgehead atoms. The van der Waals surface area contributed by atoms with Crippen molar-refractivity contribution in [3.05, 3.63) is 34.4 Å². The van der Waals surface area contributed by atoms with Crippen LogP contribution in [-0.4, -0.2) is 24.5 Å². The van der Waals surface area contributed by atoms with Crippen LogP contribution in [0.2, 0.25) is 0 Å². The molecule has 3 saturated carbocycles. The minimum Gasteiger partial charge on any atom is -0.467 e. The van der Waals surface area contributed by atoms with E-state index in [9.17, 15) is 14.9 Å². The van der Waals surface area contributed by atoms with E-state index in [0.29, 0.717) is 24.7 Å². The van der Waals surface area contributed by atoms with Gasteiger partial charge in [0.1, 0.15) is 5.54 Å². The van der Waals surface area contributed by atoms with Gasteiger partial charge in [-0.1, -0.05) is 31.4 Å². The molecule has 5 heteroatoms. The summed E-state index contributed by atoms with van der Waals surface area (Å²) in [6, 6.07) is 6.52. The van der Waals surface area contributed by atoms with Crippen molar-refractivity contribution < 1.29 is 14.3 Å². The van der Waals surface area contributed by atoms with Gasteiger partial charge in [0.05, 0.1) is 25.2 Å². The van der Waals surface area contributed by atoms with Crippen molar-refractivity contribution in [1.82, 2.24) is 5.32 Å². The summed E-state index contributed by atoms with van der Waals surface area (Å²) in [7, 11) is 1.38. The summed E-state index contributed by atoms with van der Waals surface area (Å²) in [5, 5.41) is 12.7. The summed E-state index contributed by atoms with van der Waals surface area (Å²) >= 11 is 0. The first kappa shape index (κ1) is 19.0. The summed E-state index contributed by atoms with van der Waals surface area (Å²) in [4.78, 5) is 25.3. The van der Waals surface area contributed by atoms with Gasteiger partial charge in [0.2, 0.25) is 5.91 Å². The number of esters is 1. The van der Waals surface area contributed by atoms with Gasteiger partial charge >= 0.3 is 5.97 Å². The van der Waals surface area contributed by atoms with Crippen LogP contribution in [-0.2, 0) is 20.7 Å². The van der Waals surface area contributed by atoms with Gasteiger partial charge in [-0.3, -0.25) is 4.79 Å². The Hall–Kier alpha value is -2.35. The predicted molar refractivity (Wildman–Crippen MR) is 105 cm³/mol. The molecule has 0 unspecified atom stereocenters. The van der Waals surface area contributed by atoms with Crippen molar-refractivity contribution in [2.75, 3.05) is 7.11 Å². The number of nitrogens with zero attached hydrogens (tertiary/aromatic N) is 1. The van der Waals surface area contributed by atoms with Crippen molar-refractivity contribution in [3.63, 3.8) is 0 Å². The lowest BCUT2D eigenvalue weighted by molar-refractivity contribution is -0.152. The maximum Gasteiger partial charge on any atom is 0.331 e. The third kappa shape index (κ3) is 3.78. The number of nitrogens with one attached hydrogen (secondary N) is 1. The molecule has 1 amide bonds. The van der Waals surface area contributed by atoms with Gasteiger partial charge in [-0.2, -0.15) is 5.26 Å². The van der Waals surface area contributed by atoms with Crippen LogP contribution >= 0.6 is 0 Å². The zero-order valence-electron chi connectivity index (χ0n) is 16.6. The Kier molecular flexibility index (Phi) is 5.14. The molecular formula is C23H28N2O3. The predicted octanol–water partition coefficient (Wildman–Crippen LogP) is 3.85. The molecule has 0 spiro atoms. The van der Waals surface area contributed by atoms with E-state index >= 15 is 0 Å². The number of methoxy groups -OCH3 is 1. The Balaban J connectivity index is 1.56. The molecular weight excluding hydrogens is 352 g/mol. The van der Waals surface area contributed by atoms with Crippen LogP contribution in [0.25, 0.3) is 0 Å². The second-order valence-corrected chi connectivity index (χ2v) is 8.67. The molecule has 3 fully saturated rings. The number of carbonyl (C=O) groups is 2. The number of hydrogen-bond donors (Lipinski definition) is 1. The highest BCUT2D eigenvalue weighted by Crippen LogP contribution is 2.48. The standard InChI is InChI=1S/C23H28N2O3/c1-28-22(27)23(9-3-2-4-10-23)25-21(26)13-15-11-18(16-5-6-16)20(14-24)19(12-15)17-7-8-17/h11-12,16-17H,2-10,13H2,1H3,(H,25,26). The van der Waals surface area contributed by atoms with Crippen molar-refractivity contribution in [2.24, 2.45) is 0 Å². The number of hydrogen-bond acceptors (Lipinski definition) is 4. The molecule has 5 nitrogen and oxygen atoms in total. The number of ether oxygens (including phenoxy) is 1. The minimum atomic E-state index is -0.880. The lowest BCUT2D eigenvalue weighted by atomic mass is 9.81. The largest absolute Gasteiger partial charge is 0.467 e. The molecule has 0 radical (unpaired) electrons. The smallest absolute Gasteiger partial charge is 0.331 e. The highest BCUT2D eigenvalue weighted by atomic mass is 16.5. The van der Waals surface area contributed by atoms with Gasteiger partial charge in [-0.25, -0.2) is 4.79 Å². The highest BCUT2D eigenvalue weighted by molar-refractivity contribution is 5.89. The molecule has 0 aliphatic heterocycles. The van der Waals surface area contributed by atoms with Crippen LogP contribution in [0.15, 0.2) is 12.1 Å². The number of carbonyl (C=O) groups excluding carboxylic acids is 2. The second-order valence-electron chi connectivity index (χ2n) is 8.67. The lowest BCUT2D eigenvalue weighted by Crippen LogP contribution is -2.56. The second kappa shape index (κ2) is 7.58. The van der Waals surface area contributed by atoms with Gasteiger partial charge in [0.15, 0.2) is 0 Å². The van der Waals surface area contributed by atoms with E-state index in [4.69, 9.17) is 4.74 Å². The van der Waals surface area contributed by atoms with E-state index < -0.39 is 5.54 Å². The molecule has 1 aromatic rings. The van der Waals surface area contributed by atoms with Crippen molar-refractivity contribution in [1.29, 1.82) is 5.26 Å². The third-order valence-electron chi connectivity index (χ3n) is 6.43. The summed E-state index contributed by atoms with van der Waals surface area (Å²) in [5.74, 6) is 0.461. The molecule has 28 heavy (non-hydrogen) atoms. The zero-order chi connectivity index (χ0) is 19.7. The van der Waals surface area contributed by atoms with Crippen LogP contribution in [0.1, 0.15) is 91.9 Å². The van der Waals surface area contributed by atoms with Gasteiger partial charge in [-0.15, -0.1) is 0 Å².